The van der Waals surface area contributed by atoms with Crippen LogP contribution < -0.4 is 0 Å². The predicted molar refractivity (Wildman–Crippen MR) is 83.9 cm³/mol. The van der Waals surface area contributed by atoms with Crippen molar-refractivity contribution in [2.45, 2.75) is 13.3 Å². The lowest BCUT2D eigenvalue weighted by Crippen LogP contribution is -2.27. The summed E-state index contributed by atoms with van der Waals surface area (Å²) in [5, 5.41) is 0. The molecule has 0 aliphatic rings. The molecule has 0 fully saturated rings. The Bertz CT molecular complexity index is 668. The molecule has 2 rings (SSSR count). The Balaban J connectivity index is 1.89. The molecule has 0 atom stereocenters. The van der Waals surface area contributed by atoms with Crippen molar-refractivity contribution in [2.75, 3.05) is 13.6 Å². The molecule has 0 saturated heterocycles. The Morgan fingerprint density at radius 3 is 2.81 bits per heavy atom. The van der Waals surface area contributed by atoms with Gasteiger partial charge >= 0.3 is 0 Å². The summed E-state index contributed by atoms with van der Waals surface area (Å²) in [6.07, 6.45) is 2.35. The van der Waals surface area contributed by atoms with Gasteiger partial charge in [-0.2, -0.15) is 0 Å². The van der Waals surface area contributed by atoms with Crippen LogP contribution in [0.2, 0.25) is 0 Å². The molecule has 0 bridgehead atoms. The van der Waals surface area contributed by atoms with Crippen LogP contribution in [-0.2, 0) is 0 Å². The summed E-state index contributed by atoms with van der Waals surface area (Å²) in [7, 11) is 1.80. The number of amides is 1. The molecule has 0 saturated carbocycles. The molecule has 2 aromatic rings. The molecule has 0 unspecified atom stereocenters. The minimum Gasteiger partial charge on any atom is -0.341 e. The summed E-state index contributed by atoms with van der Waals surface area (Å²) in [6.45, 7) is 2.59. The van der Waals surface area contributed by atoms with Gasteiger partial charge in [0.1, 0.15) is 5.69 Å². The first-order valence-electron chi connectivity index (χ1n) is 6.89. The van der Waals surface area contributed by atoms with E-state index in [0.29, 0.717) is 13.0 Å². The molecule has 0 N–H and O–H groups in total. The maximum absolute atomic E-state index is 12.2. The van der Waals surface area contributed by atoms with Gasteiger partial charge in [-0.1, -0.05) is 29.7 Å². The lowest BCUT2D eigenvalue weighted by molar-refractivity contribution is 0.0798. The molecular formula is C18H18N2O. The lowest BCUT2D eigenvalue weighted by Gasteiger charge is -2.15. The normalized spacial score (nSPS) is 9.62. The van der Waals surface area contributed by atoms with Crippen LogP contribution in [0.1, 0.15) is 28.0 Å². The van der Waals surface area contributed by atoms with Crippen LogP contribution in [0.4, 0.5) is 0 Å². The van der Waals surface area contributed by atoms with Gasteiger partial charge in [-0.05, 0) is 37.1 Å². The molecule has 3 heteroatoms. The topological polar surface area (TPSA) is 33.2 Å². The van der Waals surface area contributed by atoms with Crippen LogP contribution in [0, 0.1) is 18.8 Å². The maximum atomic E-state index is 12.2. The van der Waals surface area contributed by atoms with Gasteiger partial charge in [0.05, 0.1) is 0 Å². The van der Waals surface area contributed by atoms with E-state index in [1.54, 1.807) is 18.1 Å². The van der Waals surface area contributed by atoms with E-state index >= 15 is 0 Å². The summed E-state index contributed by atoms with van der Waals surface area (Å²) in [4.78, 5) is 18.1. The average Bonchev–Trinajstić information content (AvgIpc) is 2.51. The third-order valence-corrected chi connectivity index (χ3v) is 3.07. The minimum atomic E-state index is 0.0262. The fraction of sp³-hybridized carbons (Fsp3) is 0.222. The van der Waals surface area contributed by atoms with Crippen molar-refractivity contribution in [1.29, 1.82) is 0 Å². The van der Waals surface area contributed by atoms with E-state index in [1.165, 1.54) is 0 Å². The van der Waals surface area contributed by atoms with E-state index in [9.17, 15) is 4.79 Å². The summed E-state index contributed by atoms with van der Waals surface area (Å²) in [6, 6.07) is 13.3. The van der Waals surface area contributed by atoms with Crippen LogP contribution in [-0.4, -0.2) is 29.4 Å². The van der Waals surface area contributed by atoms with Gasteiger partial charge in [-0.15, -0.1) is 0 Å². The number of hydrogen-bond donors (Lipinski definition) is 0. The molecule has 1 heterocycles. The number of hydrogen-bond acceptors (Lipinski definition) is 2. The highest BCUT2D eigenvalue weighted by atomic mass is 16.2. The summed E-state index contributed by atoms with van der Waals surface area (Å²) in [5.41, 5.74) is 2.56. The lowest BCUT2D eigenvalue weighted by atomic mass is 10.1. The second kappa shape index (κ2) is 7.25. The highest BCUT2D eigenvalue weighted by Crippen LogP contribution is 2.07. The van der Waals surface area contributed by atoms with E-state index in [0.717, 1.165) is 16.8 Å². The first kappa shape index (κ1) is 14.8. The van der Waals surface area contributed by atoms with E-state index < -0.39 is 0 Å². The van der Waals surface area contributed by atoms with Crippen LogP contribution in [0.3, 0.4) is 0 Å². The standard InChI is InChI=1S/C18H18N2O/c1-15-8-7-9-16(14-15)18(21)20(2)13-6-4-11-17-10-3-5-12-19-17/h3,5,7-10,12,14H,6,13H2,1-2H3. The van der Waals surface area contributed by atoms with Gasteiger partial charge < -0.3 is 4.90 Å². The molecule has 0 radical (unpaired) electrons. The van der Waals surface area contributed by atoms with E-state index in [-0.39, 0.29) is 5.91 Å². The van der Waals surface area contributed by atoms with E-state index in [1.807, 2.05) is 49.4 Å². The first-order chi connectivity index (χ1) is 10.2. The zero-order chi connectivity index (χ0) is 15.1. The SMILES string of the molecule is Cc1cccc(C(=O)N(C)CCC#Cc2ccccn2)c1. The molecule has 0 aliphatic carbocycles. The molecule has 21 heavy (non-hydrogen) atoms. The molecule has 1 amide bonds. The summed E-state index contributed by atoms with van der Waals surface area (Å²) >= 11 is 0. The van der Waals surface area contributed by atoms with E-state index in [2.05, 4.69) is 16.8 Å². The van der Waals surface area contributed by atoms with Crippen LogP contribution in [0.25, 0.3) is 0 Å². The Kier molecular flexibility index (Phi) is 5.11. The van der Waals surface area contributed by atoms with Crippen molar-refractivity contribution < 1.29 is 4.79 Å². The number of pyridine rings is 1. The Morgan fingerprint density at radius 1 is 1.24 bits per heavy atom. The van der Waals surface area contributed by atoms with Crippen molar-refractivity contribution in [3.05, 3.63) is 65.5 Å². The summed E-state index contributed by atoms with van der Waals surface area (Å²) < 4.78 is 0. The van der Waals surface area contributed by atoms with Crippen molar-refractivity contribution in [3.8, 4) is 11.8 Å². The van der Waals surface area contributed by atoms with Crippen LogP contribution >= 0.6 is 0 Å². The van der Waals surface area contributed by atoms with Gasteiger partial charge in [0.2, 0.25) is 0 Å². The van der Waals surface area contributed by atoms with Crippen LogP contribution in [0.5, 0.6) is 0 Å². The highest BCUT2D eigenvalue weighted by Gasteiger charge is 2.10. The number of aryl methyl sites for hydroxylation is 1. The summed E-state index contributed by atoms with van der Waals surface area (Å²) in [5.74, 6) is 6.06. The quantitative estimate of drug-likeness (QED) is 0.809. The van der Waals surface area contributed by atoms with Crippen molar-refractivity contribution in [1.82, 2.24) is 9.88 Å². The van der Waals surface area contributed by atoms with Gasteiger partial charge in [-0.25, -0.2) is 4.98 Å². The fourth-order valence-corrected chi connectivity index (χ4v) is 1.91. The van der Waals surface area contributed by atoms with E-state index in [4.69, 9.17) is 0 Å². The van der Waals surface area contributed by atoms with Gasteiger partial charge in [0.15, 0.2) is 0 Å². The molecule has 1 aromatic heterocycles. The maximum Gasteiger partial charge on any atom is 0.253 e. The Morgan fingerprint density at radius 2 is 2.10 bits per heavy atom. The number of rotatable bonds is 3. The number of benzene rings is 1. The second-order valence-electron chi connectivity index (χ2n) is 4.86. The Hall–Kier alpha value is -2.60. The van der Waals surface area contributed by atoms with Gasteiger partial charge in [0.25, 0.3) is 5.91 Å². The molecule has 0 spiro atoms. The number of nitrogens with zero attached hydrogens (tertiary/aromatic N) is 2. The largest absolute Gasteiger partial charge is 0.341 e. The molecule has 3 nitrogen and oxygen atoms in total. The van der Waals surface area contributed by atoms with Gasteiger partial charge in [0, 0.05) is 31.8 Å². The number of carbonyl (C=O) groups excluding carboxylic acids is 1. The van der Waals surface area contributed by atoms with Crippen molar-refractivity contribution in [2.24, 2.45) is 0 Å². The zero-order valence-electron chi connectivity index (χ0n) is 12.3. The zero-order valence-corrected chi connectivity index (χ0v) is 12.3. The monoisotopic (exact) mass is 278 g/mol. The highest BCUT2D eigenvalue weighted by molar-refractivity contribution is 5.94. The molecular weight excluding hydrogens is 260 g/mol. The second-order valence-corrected chi connectivity index (χ2v) is 4.86. The van der Waals surface area contributed by atoms with Crippen molar-refractivity contribution in [3.63, 3.8) is 0 Å². The Labute approximate surface area is 125 Å². The van der Waals surface area contributed by atoms with Crippen molar-refractivity contribution >= 4 is 5.91 Å². The number of aromatic nitrogens is 1. The molecule has 1 aromatic carbocycles. The first-order valence-corrected chi connectivity index (χ1v) is 6.89. The third-order valence-electron chi connectivity index (χ3n) is 3.07. The average molecular weight is 278 g/mol. The fourth-order valence-electron chi connectivity index (χ4n) is 1.91. The number of carbonyl (C=O) groups is 1. The smallest absolute Gasteiger partial charge is 0.253 e. The molecule has 106 valence electrons. The van der Waals surface area contributed by atoms with Crippen LogP contribution in [0.15, 0.2) is 48.7 Å². The molecule has 0 aliphatic heterocycles. The van der Waals surface area contributed by atoms with Gasteiger partial charge in [-0.3, -0.25) is 4.79 Å². The predicted octanol–water partition coefficient (Wildman–Crippen LogP) is 2.90. The minimum absolute atomic E-state index is 0.0262. The third kappa shape index (κ3) is 4.47.